The van der Waals surface area contributed by atoms with Gasteiger partial charge in [-0.15, -0.1) is 0 Å². The molecule has 0 atom stereocenters. The lowest BCUT2D eigenvalue weighted by molar-refractivity contribution is 0.103. The van der Waals surface area contributed by atoms with Crippen molar-refractivity contribution >= 4 is 17.3 Å². The lowest BCUT2D eigenvalue weighted by Crippen LogP contribution is -2.12. The Morgan fingerprint density at radius 3 is 1.90 bits per heavy atom. The van der Waals surface area contributed by atoms with Crippen molar-refractivity contribution < 1.29 is 9.53 Å². The summed E-state index contributed by atoms with van der Waals surface area (Å²) in [5.41, 5.74) is 8.90. The van der Waals surface area contributed by atoms with E-state index in [0.717, 1.165) is 11.3 Å². The number of amidine groups is 1. The fraction of sp³-hybridized carbons (Fsp3) is 0. The molecule has 4 nitrogen and oxygen atoms in total. The van der Waals surface area contributed by atoms with Crippen molar-refractivity contribution in [3.63, 3.8) is 0 Å². The van der Waals surface area contributed by atoms with Gasteiger partial charge < -0.3 is 10.5 Å². The lowest BCUT2D eigenvalue weighted by atomic mass is 10.0. The highest BCUT2D eigenvalue weighted by Crippen LogP contribution is 2.23. The highest BCUT2D eigenvalue weighted by Gasteiger charge is 2.08. The Morgan fingerprint density at radius 1 is 0.633 bits per heavy atom. The molecular formula is C26H20N2O2. The molecule has 0 bridgehead atoms. The summed E-state index contributed by atoms with van der Waals surface area (Å²) >= 11 is 0. The lowest BCUT2D eigenvalue weighted by Gasteiger charge is -2.08. The van der Waals surface area contributed by atoms with E-state index < -0.39 is 0 Å². The third-order valence-electron chi connectivity index (χ3n) is 4.52. The number of benzene rings is 4. The molecule has 0 fully saturated rings. The zero-order valence-corrected chi connectivity index (χ0v) is 16.2. The van der Waals surface area contributed by atoms with Crippen molar-refractivity contribution in [3.05, 3.63) is 126 Å². The van der Waals surface area contributed by atoms with Gasteiger partial charge in [0.25, 0.3) is 0 Å². The van der Waals surface area contributed by atoms with Crippen molar-refractivity contribution in [2.75, 3.05) is 0 Å². The van der Waals surface area contributed by atoms with Gasteiger partial charge in [0.15, 0.2) is 5.78 Å². The average molecular weight is 392 g/mol. The number of rotatable bonds is 6. The molecular weight excluding hydrogens is 372 g/mol. The zero-order chi connectivity index (χ0) is 20.8. The van der Waals surface area contributed by atoms with E-state index >= 15 is 0 Å². The van der Waals surface area contributed by atoms with Crippen LogP contribution < -0.4 is 10.5 Å². The maximum Gasteiger partial charge on any atom is 0.193 e. The van der Waals surface area contributed by atoms with E-state index in [4.69, 9.17) is 10.5 Å². The topological polar surface area (TPSA) is 64.7 Å². The minimum absolute atomic E-state index is 0.0233. The predicted molar refractivity (Wildman–Crippen MR) is 120 cm³/mol. The van der Waals surface area contributed by atoms with Crippen LogP contribution >= 0.6 is 0 Å². The molecule has 30 heavy (non-hydrogen) atoms. The minimum atomic E-state index is -0.0233. The molecule has 0 radical (unpaired) electrons. The van der Waals surface area contributed by atoms with Crippen LogP contribution in [0, 0.1) is 0 Å². The molecule has 0 unspecified atom stereocenters. The highest BCUT2D eigenvalue weighted by atomic mass is 16.5. The first-order valence-electron chi connectivity index (χ1n) is 9.56. The molecule has 2 N–H and O–H groups in total. The van der Waals surface area contributed by atoms with E-state index in [9.17, 15) is 4.79 Å². The Bertz CT molecular complexity index is 1170. The molecule has 4 aromatic rings. The van der Waals surface area contributed by atoms with Gasteiger partial charge in [-0.25, -0.2) is 4.99 Å². The van der Waals surface area contributed by atoms with E-state index in [1.165, 1.54) is 0 Å². The number of carbonyl (C=O) groups excluding carboxylic acids is 1. The maximum atomic E-state index is 12.5. The quantitative estimate of drug-likeness (QED) is 0.258. The second-order valence-corrected chi connectivity index (χ2v) is 6.68. The van der Waals surface area contributed by atoms with Crippen molar-refractivity contribution in [3.8, 4) is 11.5 Å². The largest absolute Gasteiger partial charge is 0.457 e. The number of aliphatic imine (C=N–C) groups is 1. The molecule has 0 aromatic heterocycles. The van der Waals surface area contributed by atoms with Crippen LogP contribution in [-0.4, -0.2) is 11.6 Å². The van der Waals surface area contributed by atoms with E-state index in [-0.39, 0.29) is 5.78 Å². The van der Waals surface area contributed by atoms with Crippen LogP contribution in [0.5, 0.6) is 11.5 Å². The zero-order valence-electron chi connectivity index (χ0n) is 16.2. The van der Waals surface area contributed by atoms with Gasteiger partial charge in [-0.05, 0) is 48.5 Å². The first kappa shape index (κ1) is 19.2. The Balaban J connectivity index is 1.51. The monoisotopic (exact) mass is 392 g/mol. The molecule has 4 rings (SSSR count). The summed E-state index contributed by atoms with van der Waals surface area (Å²) in [7, 11) is 0. The first-order chi connectivity index (χ1) is 14.7. The molecule has 0 aliphatic heterocycles. The molecule has 0 spiro atoms. The van der Waals surface area contributed by atoms with Crippen molar-refractivity contribution in [1.29, 1.82) is 0 Å². The predicted octanol–water partition coefficient (Wildman–Crippen LogP) is 5.75. The van der Waals surface area contributed by atoms with Crippen LogP contribution in [0.3, 0.4) is 0 Å². The summed E-state index contributed by atoms with van der Waals surface area (Å²) in [6, 6.07) is 33.3. The summed E-state index contributed by atoms with van der Waals surface area (Å²) in [5, 5.41) is 0. The molecule has 0 saturated carbocycles. The van der Waals surface area contributed by atoms with Crippen LogP contribution in [0.4, 0.5) is 5.69 Å². The van der Waals surface area contributed by atoms with E-state index in [1.807, 2.05) is 72.8 Å². The second-order valence-electron chi connectivity index (χ2n) is 6.68. The Kier molecular flexibility index (Phi) is 5.67. The van der Waals surface area contributed by atoms with Crippen LogP contribution in [0.1, 0.15) is 21.5 Å². The summed E-state index contributed by atoms with van der Waals surface area (Å²) in [5.74, 6) is 1.78. The number of nitrogens with zero attached hydrogens (tertiary/aromatic N) is 1. The van der Waals surface area contributed by atoms with E-state index in [2.05, 4.69) is 4.99 Å². The van der Waals surface area contributed by atoms with Crippen LogP contribution in [0.25, 0.3) is 0 Å². The number of carbonyl (C=O) groups is 1. The van der Waals surface area contributed by atoms with Gasteiger partial charge in [-0.2, -0.15) is 0 Å². The standard InChI is InChI=1S/C26H20N2O2/c27-26(21-10-7-13-24(18-21)30-23-11-5-2-6-12-23)28-22-16-14-20(15-17-22)25(29)19-8-3-1-4-9-19/h1-18H,(H2,27,28). The Hall–Kier alpha value is -4.18. The molecule has 0 aliphatic rings. The maximum absolute atomic E-state index is 12.5. The molecule has 4 aromatic carbocycles. The third kappa shape index (κ3) is 4.62. The Labute approximate surface area is 175 Å². The van der Waals surface area contributed by atoms with Gasteiger partial charge in [-0.3, -0.25) is 4.79 Å². The number of ether oxygens (including phenoxy) is 1. The molecule has 0 saturated heterocycles. The summed E-state index contributed by atoms with van der Waals surface area (Å²) in [6.07, 6.45) is 0. The van der Waals surface area contributed by atoms with E-state index in [0.29, 0.717) is 28.4 Å². The fourth-order valence-corrected chi connectivity index (χ4v) is 2.99. The van der Waals surface area contributed by atoms with Gasteiger partial charge in [0.2, 0.25) is 0 Å². The van der Waals surface area contributed by atoms with Gasteiger partial charge >= 0.3 is 0 Å². The summed E-state index contributed by atoms with van der Waals surface area (Å²) in [4.78, 5) is 17.0. The average Bonchev–Trinajstić information content (AvgIpc) is 2.80. The van der Waals surface area contributed by atoms with Gasteiger partial charge in [-0.1, -0.05) is 60.7 Å². The Morgan fingerprint density at radius 2 is 1.20 bits per heavy atom. The molecule has 146 valence electrons. The SMILES string of the molecule is NC(=Nc1ccc(C(=O)c2ccccc2)cc1)c1cccc(Oc2ccccc2)c1. The normalized spacial score (nSPS) is 11.1. The second kappa shape index (κ2) is 8.88. The van der Waals surface area contributed by atoms with Gasteiger partial charge in [0.1, 0.15) is 17.3 Å². The highest BCUT2D eigenvalue weighted by molar-refractivity contribution is 6.09. The number of nitrogens with two attached hydrogens (primary N) is 1. The third-order valence-corrected chi connectivity index (χ3v) is 4.52. The molecule has 4 heteroatoms. The number of para-hydroxylation sites is 1. The molecule has 0 heterocycles. The van der Waals surface area contributed by atoms with Crippen LogP contribution in [0.15, 0.2) is 114 Å². The number of hydrogen-bond acceptors (Lipinski definition) is 3. The van der Waals surface area contributed by atoms with Gasteiger partial charge in [0.05, 0.1) is 5.69 Å². The number of ketones is 1. The summed E-state index contributed by atoms with van der Waals surface area (Å²) in [6.45, 7) is 0. The van der Waals surface area contributed by atoms with Gasteiger partial charge in [0, 0.05) is 16.7 Å². The minimum Gasteiger partial charge on any atom is -0.457 e. The van der Waals surface area contributed by atoms with Crippen molar-refractivity contribution in [2.45, 2.75) is 0 Å². The van der Waals surface area contributed by atoms with E-state index in [1.54, 1.807) is 36.4 Å². The van der Waals surface area contributed by atoms with Crippen LogP contribution in [-0.2, 0) is 0 Å². The van der Waals surface area contributed by atoms with Crippen molar-refractivity contribution in [1.82, 2.24) is 0 Å². The fourth-order valence-electron chi connectivity index (χ4n) is 2.99. The number of hydrogen-bond donors (Lipinski definition) is 1. The summed E-state index contributed by atoms with van der Waals surface area (Å²) < 4.78 is 5.86. The van der Waals surface area contributed by atoms with Crippen molar-refractivity contribution in [2.24, 2.45) is 10.7 Å². The van der Waals surface area contributed by atoms with Crippen LogP contribution in [0.2, 0.25) is 0 Å². The molecule has 0 amide bonds. The first-order valence-corrected chi connectivity index (χ1v) is 9.56. The smallest absolute Gasteiger partial charge is 0.193 e. The molecule has 0 aliphatic carbocycles.